The lowest BCUT2D eigenvalue weighted by atomic mass is 10.0. The van der Waals surface area contributed by atoms with E-state index in [2.05, 4.69) is 5.32 Å². The summed E-state index contributed by atoms with van der Waals surface area (Å²) in [6.45, 7) is 2.48. The normalized spacial score (nSPS) is 28.8. The second-order valence-electron chi connectivity index (χ2n) is 4.07. The topological polar surface area (TPSA) is 64.3 Å². The number of ether oxygens (including phenoxy) is 1. The molecule has 1 saturated carbocycles. The molecule has 3 N–H and O–H groups in total. The van der Waals surface area contributed by atoms with Crippen LogP contribution in [0.3, 0.4) is 0 Å². The molecule has 0 radical (unpaired) electrons. The van der Waals surface area contributed by atoms with E-state index in [4.69, 9.17) is 10.5 Å². The second-order valence-corrected chi connectivity index (χ2v) is 4.07. The van der Waals surface area contributed by atoms with Crippen molar-refractivity contribution >= 4 is 5.91 Å². The van der Waals surface area contributed by atoms with Gasteiger partial charge in [-0.3, -0.25) is 4.79 Å². The molecule has 0 aromatic rings. The summed E-state index contributed by atoms with van der Waals surface area (Å²) in [6, 6.07) is 0.116. The van der Waals surface area contributed by atoms with Crippen LogP contribution in [0.15, 0.2) is 0 Å². The lowest BCUT2D eigenvalue weighted by Gasteiger charge is -2.18. The Kier molecular flexibility index (Phi) is 4.35. The molecule has 4 heteroatoms. The van der Waals surface area contributed by atoms with Crippen LogP contribution in [0.4, 0.5) is 0 Å². The van der Waals surface area contributed by atoms with Crippen LogP contribution in [0.2, 0.25) is 0 Å². The molecule has 1 aliphatic carbocycles. The number of carbonyl (C=O) groups is 1. The lowest BCUT2D eigenvalue weighted by molar-refractivity contribution is -0.126. The molecule has 0 bridgehead atoms. The molecule has 1 fully saturated rings. The third-order valence-electron chi connectivity index (χ3n) is 2.71. The van der Waals surface area contributed by atoms with Crippen molar-refractivity contribution < 1.29 is 9.53 Å². The van der Waals surface area contributed by atoms with Crippen LogP contribution in [0.1, 0.15) is 26.2 Å². The van der Waals surface area contributed by atoms with Crippen LogP contribution < -0.4 is 11.1 Å². The molecule has 3 atom stereocenters. The molecular weight excluding hydrogens is 180 g/mol. The minimum atomic E-state index is 0.00862. The van der Waals surface area contributed by atoms with Gasteiger partial charge in [-0.15, -0.1) is 0 Å². The summed E-state index contributed by atoms with van der Waals surface area (Å²) in [5.74, 6) is 0.0915. The maximum Gasteiger partial charge on any atom is 0.224 e. The van der Waals surface area contributed by atoms with Crippen molar-refractivity contribution in [2.45, 2.75) is 38.3 Å². The first-order valence-corrected chi connectivity index (χ1v) is 5.20. The number of nitrogens with one attached hydrogen (secondary N) is 1. The number of amides is 1. The van der Waals surface area contributed by atoms with Crippen LogP contribution in [0.25, 0.3) is 0 Å². The summed E-state index contributed by atoms with van der Waals surface area (Å²) in [5.41, 5.74) is 5.84. The summed E-state index contributed by atoms with van der Waals surface area (Å²) in [6.07, 6.45) is 2.96. The first-order chi connectivity index (χ1) is 6.65. The molecule has 82 valence electrons. The van der Waals surface area contributed by atoms with Crippen molar-refractivity contribution in [1.82, 2.24) is 5.32 Å². The van der Waals surface area contributed by atoms with Gasteiger partial charge in [0.25, 0.3) is 0 Å². The van der Waals surface area contributed by atoms with Gasteiger partial charge in [-0.25, -0.2) is 0 Å². The summed E-state index contributed by atoms with van der Waals surface area (Å²) in [5, 5.41) is 2.91. The highest BCUT2D eigenvalue weighted by Gasteiger charge is 2.30. The molecule has 4 nitrogen and oxygen atoms in total. The molecule has 1 aliphatic rings. The van der Waals surface area contributed by atoms with Gasteiger partial charge in [0.15, 0.2) is 0 Å². The van der Waals surface area contributed by atoms with Gasteiger partial charge in [0.2, 0.25) is 5.91 Å². The maximum atomic E-state index is 11.7. The summed E-state index contributed by atoms with van der Waals surface area (Å²) < 4.78 is 4.95. The molecule has 3 unspecified atom stereocenters. The minimum absolute atomic E-state index is 0.00862. The summed E-state index contributed by atoms with van der Waals surface area (Å²) in [4.78, 5) is 11.7. The highest BCUT2D eigenvalue weighted by atomic mass is 16.5. The van der Waals surface area contributed by atoms with Gasteiger partial charge in [0.1, 0.15) is 0 Å². The SMILES string of the molecule is COCC(C)NC(=O)C1CCCC1N. The first kappa shape index (κ1) is 11.5. The molecule has 1 amide bonds. The van der Waals surface area contributed by atoms with Crippen molar-refractivity contribution in [1.29, 1.82) is 0 Å². The van der Waals surface area contributed by atoms with Gasteiger partial charge >= 0.3 is 0 Å². The Labute approximate surface area is 85.2 Å². The zero-order chi connectivity index (χ0) is 10.6. The minimum Gasteiger partial charge on any atom is -0.383 e. The Balaban J connectivity index is 2.33. The first-order valence-electron chi connectivity index (χ1n) is 5.20. The number of carbonyl (C=O) groups excluding carboxylic acids is 1. The Hall–Kier alpha value is -0.610. The van der Waals surface area contributed by atoms with Gasteiger partial charge in [-0.05, 0) is 19.8 Å². The van der Waals surface area contributed by atoms with Gasteiger partial charge in [0.05, 0.1) is 12.5 Å². The molecule has 0 aromatic carbocycles. The van der Waals surface area contributed by atoms with Gasteiger partial charge in [-0.1, -0.05) is 6.42 Å². The van der Waals surface area contributed by atoms with Crippen molar-refractivity contribution in [3.05, 3.63) is 0 Å². The Bertz CT molecular complexity index is 197. The maximum absolute atomic E-state index is 11.7. The fourth-order valence-corrected chi connectivity index (χ4v) is 1.96. The van der Waals surface area contributed by atoms with E-state index in [0.29, 0.717) is 6.61 Å². The zero-order valence-electron chi connectivity index (χ0n) is 8.95. The number of methoxy groups -OCH3 is 1. The van der Waals surface area contributed by atoms with E-state index in [9.17, 15) is 4.79 Å². The Morgan fingerprint density at radius 1 is 1.64 bits per heavy atom. The molecule has 14 heavy (non-hydrogen) atoms. The van der Waals surface area contributed by atoms with E-state index in [1.54, 1.807) is 7.11 Å². The fraction of sp³-hybridized carbons (Fsp3) is 0.900. The molecule has 0 aliphatic heterocycles. The molecule has 0 aromatic heterocycles. The van der Waals surface area contributed by atoms with Gasteiger partial charge in [-0.2, -0.15) is 0 Å². The monoisotopic (exact) mass is 200 g/mol. The third kappa shape index (κ3) is 2.96. The van der Waals surface area contributed by atoms with Crippen molar-refractivity contribution in [2.24, 2.45) is 11.7 Å². The smallest absolute Gasteiger partial charge is 0.224 e. The molecule has 0 spiro atoms. The van der Waals surface area contributed by atoms with Crippen LogP contribution >= 0.6 is 0 Å². The Morgan fingerprint density at radius 3 is 2.86 bits per heavy atom. The molecule has 1 rings (SSSR count). The largest absolute Gasteiger partial charge is 0.383 e. The predicted molar refractivity (Wildman–Crippen MR) is 54.8 cm³/mol. The average Bonchev–Trinajstić information content (AvgIpc) is 2.51. The lowest BCUT2D eigenvalue weighted by Crippen LogP contribution is -2.43. The highest BCUT2D eigenvalue weighted by molar-refractivity contribution is 5.79. The molecule has 0 heterocycles. The van der Waals surface area contributed by atoms with Crippen molar-refractivity contribution in [2.75, 3.05) is 13.7 Å². The van der Waals surface area contributed by atoms with E-state index in [1.165, 1.54) is 0 Å². The number of nitrogens with two attached hydrogens (primary N) is 1. The van der Waals surface area contributed by atoms with Crippen LogP contribution in [-0.2, 0) is 9.53 Å². The van der Waals surface area contributed by atoms with Crippen molar-refractivity contribution in [3.63, 3.8) is 0 Å². The van der Waals surface area contributed by atoms with E-state index in [-0.39, 0.29) is 23.9 Å². The predicted octanol–water partition coefficient (Wildman–Crippen LogP) is 0.265. The fourth-order valence-electron chi connectivity index (χ4n) is 1.96. The molecule has 0 saturated heterocycles. The quantitative estimate of drug-likeness (QED) is 0.684. The summed E-state index contributed by atoms with van der Waals surface area (Å²) in [7, 11) is 1.63. The van der Waals surface area contributed by atoms with Crippen LogP contribution in [0, 0.1) is 5.92 Å². The zero-order valence-corrected chi connectivity index (χ0v) is 8.95. The standard InChI is InChI=1S/C10H20N2O2/c1-7(6-14-2)12-10(13)8-4-3-5-9(8)11/h7-9H,3-6,11H2,1-2H3,(H,12,13). The highest BCUT2D eigenvalue weighted by Crippen LogP contribution is 2.23. The van der Waals surface area contributed by atoms with Crippen molar-refractivity contribution in [3.8, 4) is 0 Å². The van der Waals surface area contributed by atoms with E-state index in [0.717, 1.165) is 19.3 Å². The van der Waals surface area contributed by atoms with Crippen LogP contribution in [-0.4, -0.2) is 31.7 Å². The second kappa shape index (κ2) is 5.32. The van der Waals surface area contributed by atoms with Gasteiger partial charge < -0.3 is 15.8 Å². The molecular formula is C10H20N2O2. The number of rotatable bonds is 4. The van der Waals surface area contributed by atoms with Gasteiger partial charge in [0, 0.05) is 19.2 Å². The van der Waals surface area contributed by atoms with Crippen LogP contribution in [0.5, 0.6) is 0 Å². The Morgan fingerprint density at radius 2 is 2.36 bits per heavy atom. The van der Waals surface area contributed by atoms with E-state index >= 15 is 0 Å². The average molecular weight is 200 g/mol. The summed E-state index contributed by atoms with van der Waals surface area (Å²) >= 11 is 0. The third-order valence-corrected chi connectivity index (χ3v) is 2.71. The number of hydrogen-bond acceptors (Lipinski definition) is 3. The number of hydrogen-bond donors (Lipinski definition) is 2. The van der Waals surface area contributed by atoms with E-state index < -0.39 is 0 Å². The van der Waals surface area contributed by atoms with E-state index in [1.807, 2.05) is 6.92 Å².